The first-order chi connectivity index (χ1) is 11.0. The molecule has 1 atom stereocenters. The van der Waals surface area contributed by atoms with Crippen LogP contribution < -0.4 is 5.32 Å². The van der Waals surface area contributed by atoms with Gasteiger partial charge in [-0.1, -0.05) is 11.3 Å². The van der Waals surface area contributed by atoms with E-state index in [9.17, 15) is 9.59 Å². The van der Waals surface area contributed by atoms with Crippen LogP contribution >= 0.6 is 0 Å². The van der Waals surface area contributed by atoms with E-state index in [4.69, 9.17) is 9.84 Å². The summed E-state index contributed by atoms with van der Waals surface area (Å²) in [7, 11) is 1.61. The van der Waals surface area contributed by atoms with Crippen molar-refractivity contribution < 1.29 is 19.4 Å². The Morgan fingerprint density at radius 3 is 2.87 bits per heavy atom. The second kappa shape index (κ2) is 7.50. The lowest BCUT2D eigenvalue weighted by Gasteiger charge is -2.10. The average Bonchev–Trinajstić information content (AvgIpc) is 3.03. The molecule has 1 unspecified atom stereocenters. The van der Waals surface area contributed by atoms with Gasteiger partial charge in [0, 0.05) is 19.2 Å². The summed E-state index contributed by atoms with van der Waals surface area (Å²) in [5.41, 5.74) is 1.06. The van der Waals surface area contributed by atoms with Crippen LogP contribution in [0.4, 0.5) is 5.69 Å². The first kappa shape index (κ1) is 16.6. The summed E-state index contributed by atoms with van der Waals surface area (Å²) in [6, 6.07) is 6.92. The molecular weight excluding hydrogens is 300 g/mol. The number of nitrogens with one attached hydrogen (secondary N) is 1. The number of rotatable bonds is 7. The van der Waals surface area contributed by atoms with Gasteiger partial charge in [0.1, 0.15) is 0 Å². The Balaban J connectivity index is 2.04. The smallest absolute Gasteiger partial charge is 0.358 e. The zero-order valence-corrected chi connectivity index (χ0v) is 12.9. The summed E-state index contributed by atoms with van der Waals surface area (Å²) >= 11 is 0. The van der Waals surface area contributed by atoms with E-state index in [1.165, 1.54) is 10.9 Å². The maximum atomic E-state index is 11.9. The number of benzene rings is 1. The number of carbonyl (C=O) groups excluding carboxylic acids is 1. The van der Waals surface area contributed by atoms with Crippen molar-refractivity contribution in [2.75, 3.05) is 12.4 Å². The minimum Gasteiger partial charge on any atom is -0.476 e. The molecule has 0 radical (unpaired) electrons. The third kappa shape index (κ3) is 4.62. The lowest BCUT2D eigenvalue weighted by molar-refractivity contribution is -0.116. The van der Waals surface area contributed by atoms with Crippen molar-refractivity contribution >= 4 is 17.6 Å². The number of hydrogen-bond acceptors (Lipinski definition) is 5. The average molecular weight is 318 g/mol. The molecule has 0 aliphatic carbocycles. The summed E-state index contributed by atoms with van der Waals surface area (Å²) in [5, 5.41) is 19.0. The first-order valence-electron chi connectivity index (χ1n) is 7.08. The molecule has 0 spiro atoms. The highest BCUT2D eigenvalue weighted by molar-refractivity contribution is 5.91. The van der Waals surface area contributed by atoms with Crippen LogP contribution in [0.2, 0.25) is 0 Å². The predicted octanol–water partition coefficient (Wildman–Crippen LogP) is 1.72. The largest absolute Gasteiger partial charge is 0.476 e. The minimum atomic E-state index is -1.15. The van der Waals surface area contributed by atoms with Gasteiger partial charge < -0.3 is 15.2 Å². The molecule has 0 fully saturated rings. The Bertz CT molecular complexity index is 698. The Kier molecular flexibility index (Phi) is 5.42. The summed E-state index contributed by atoms with van der Waals surface area (Å²) < 4.78 is 6.44. The lowest BCUT2D eigenvalue weighted by atomic mass is 10.2. The van der Waals surface area contributed by atoms with Crippen LogP contribution in [0.1, 0.15) is 30.3 Å². The number of carboxylic acids is 1. The van der Waals surface area contributed by atoms with Gasteiger partial charge in [0.15, 0.2) is 5.69 Å². The molecule has 2 N–H and O–H groups in total. The van der Waals surface area contributed by atoms with Gasteiger partial charge in [-0.3, -0.25) is 4.79 Å². The molecule has 8 nitrogen and oxygen atoms in total. The highest BCUT2D eigenvalue weighted by Gasteiger charge is 2.10. The number of anilines is 1. The van der Waals surface area contributed by atoms with E-state index in [2.05, 4.69) is 15.6 Å². The molecular formula is C15H18N4O4. The fourth-order valence-electron chi connectivity index (χ4n) is 1.89. The number of methoxy groups -OCH3 is 1. The Hall–Kier alpha value is -2.74. The van der Waals surface area contributed by atoms with Gasteiger partial charge >= 0.3 is 5.97 Å². The fourth-order valence-corrected chi connectivity index (χ4v) is 1.89. The maximum absolute atomic E-state index is 11.9. The normalized spacial score (nSPS) is 11.9. The van der Waals surface area contributed by atoms with Crippen molar-refractivity contribution in [1.29, 1.82) is 0 Å². The molecule has 2 rings (SSSR count). The zero-order valence-electron chi connectivity index (χ0n) is 12.9. The zero-order chi connectivity index (χ0) is 16.8. The molecule has 0 saturated heterocycles. The van der Waals surface area contributed by atoms with Crippen molar-refractivity contribution in [2.45, 2.75) is 25.9 Å². The Morgan fingerprint density at radius 1 is 1.43 bits per heavy atom. The molecule has 1 heterocycles. The van der Waals surface area contributed by atoms with Crippen molar-refractivity contribution in [3.63, 3.8) is 0 Å². The highest BCUT2D eigenvalue weighted by Crippen LogP contribution is 2.15. The minimum absolute atomic E-state index is 0.0247. The van der Waals surface area contributed by atoms with Gasteiger partial charge in [-0.05, 0) is 31.5 Å². The number of carboxylic acid groups (broad SMARTS) is 1. The third-order valence-electron chi connectivity index (χ3n) is 3.29. The highest BCUT2D eigenvalue weighted by atomic mass is 16.5. The standard InChI is InChI=1S/C15H18N4O4/c1-10(23-2)6-7-14(20)16-11-4-3-5-12(8-11)19-9-13(15(21)22)17-18-19/h3-5,8-10H,6-7H2,1-2H3,(H,16,20)(H,21,22). The molecule has 0 aliphatic rings. The Labute approximate surface area is 133 Å². The van der Waals surface area contributed by atoms with Crippen molar-refractivity contribution in [2.24, 2.45) is 0 Å². The van der Waals surface area contributed by atoms with Gasteiger partial charge in [0.25, 0.3) is 0 Å². The molecule has 0 saturated carbocycles. The van der Waals surface area contributed by atoms with E-state index in [1.54, 1.807) is 31.4 Å². The molecule has 2 aromatic rings. The van der Waals surface area contributed by atoms with Crippen molar-refractivity contribution in [1.82, 2.24) is 15.0 Å². The van der Waals surface area contributed by atoms with Crippen LogP contribution in [-0.2, 0) is 9.53 Å². The van der Waals surface area contributed by atoms with E-state index >= 15 is 0 Å². The van der Waals surface area contributed by atoms with Crippen molar-refractivity contribution in [3.05, 3.63) is 36.2 Å². The summed E-state index contributed by atoms with van der Waals surface area (Å²) in [6.07, 6.45) is 2.32. The van der Waals surface area contributed by atoms with Crippen LogP contribution in [0, 0.1) is 0 Å². The number of hydrogen-bond donors (Lipinski definition) is 2. The summed E-state index contributed by atoms with van der Waals surface area (Å²) in [6.45, 7) is 1.90. The fraction of sp³-hybridized carbons (Fsp3) is 0.333. The second-order valence-corrected chi connectivity index (χ2v) is 5.04. The maximum Gasteiger partial charge on any atom is 0.358 e. The first-order valence-corrected chi connectivity index (χ1v) is 7.08. The molecule has 1 aromatic heterocycles. The SMILES string of the molecule is COC(C)CCC(=O)Nc1cccc(-n2cc(C(=O)O)nn2)c1. The van der Waals surface area contributed by atoms with Crippen LogP contribution in [0.5, 0.6) is 0 Å². The topological polar surface area (TPSA) is 106 Å². The van der Waals surface area contributed by atoms with Crippen molar-refractivity contribution in [3.8, 4) is 5.69 Å². The van der Waals surface area contributed by atoms with Crippen LogP contribution in [0.25, 0.3) is 5.69 Å². The molecule has 1 amide bonds. The van der Waals surface area contributed by atoms with Gasteiger partial charge in [-0.2, -0.15) is 0 Å². The third-order valence-corrected chi connectivity index (χ3v) is 3.29. The molecule has 1 aromatic carbocycles. The van der Waals surface area contributed by atoms with E-state index in [1.807, 2.05) is 6.92 Å². The molecule has 0 aliphatic heterocycles. The number of aromatic nitrogens is 3. The van der Waals surface area contributed by atoms with E-state index in [0.717, 1.165) is 0 Å². The predicted molar refractivity (Wildman–Crippen MR) is 82.7 cm³/mol. The quantitative estimate of drug-likeness (QED) is 0.805. The number of amides is 1. The van der Waals surface area contributed by atoms with E-state index < -0.39 is 5.97 Å². The summed E-state index contributed by atoms with van der Waals surface area (Å²) in [4.78, 5) is 22.7. The van der Waals surface area contributed by atoms with Gasteiger partial charge in [0.2, 0.25) is 5.91 Å². The molecule has 122 valence electrons. The van der Waals surface area contributed by atoms with Crippen LogP contribution in [0.3, 0.4) is 0 Å². The number of carbonyl (C=O) groups is 2. The number of aromatic carboxylic acids is 1. The van der Waals surface area contributed by atoms with E-state index in [0.29, 0.717) is 24.2 Å². The second-order valence-electron chi connectivity index (χ2n) is 5.04. The van der Waals surface area contributed by atoms with Gasteiger partial charge in [-0.15, -0.1) is 5.10 Å². The number of nitrogens with zero attached hydrogens (tertiary/aromatic N) is 3. The Morgan fingerprint density at radius 2 is 2.22 bits per heavy atom. The monoisotopic (exact) mass is 318 g/mol. The van der Waals surface area contributed by atoms with E-state index in [-0.39, 0.29) is 17.7 Å². The molecule has 0 bridgehead atoms. The van der Waals surface area contributed by atoms with Gasteiger partial charge in [-0.25, -0.2) is 9.48 Å². The molecule has 23 heavy (non-hydrogen) atoms. The van der Waals surface area contributed by atoms with Gasteiger partial charge in [0.05, 0.1) is 18.0 Å². The van der Waals surface area contributed by atoms with Crippen LogP contribution in [-0.4, -0.2) is 45.2 Å². The summed E-state index contributed by atoms with van der Waals surface area (Å²) in [5.74, 6) is -1.26. The molecule has 8 heteroatoms. The lowest BCUT2D eigenvalue weighted by Crippen LogP contribution is -2.15. The van der Waals surface area contributed by atoms with Crippen LogP contribution in [0.15, 0.2) is 30.5 Å². The number of ether oxygens (including phenoxy) is 1.